The van der Waals surface area contributed by atoms with Gasteiger partial charge in [0.05, 0.1) is 17.3 Å². The van der Waals surface area contributed by atoms with Crippen LogP contribution in [-0.2, 0) is 19.5 Å². The molecule has 0 unspecified atom stereocenters. The van der Waals surface area contributed by atoms with Gasteiger partial charge in [-0.1, -0.05) is 64.4 Å². The van der Waals surface area contributed by atoms with Gasteiger partial charge >= 0.3 is 0 Å². The lowest BCUT2D eigenvalue weighted by molar-refractivity contribution is 0.555. The van der Waals surface area contributed by atoms with Gasteiger partial charge in [0.2, 0.25) is 0 Å². The van der Waals surface area contributed by atoms with Gasteiger partial charge in [0.25, 0.3) is 5.69 Å². The summed E-state index contributed by atoms with van der Waals surface area (Å²) in [7, 11) is 3.70. The van der Waals surface area contributed by atoms with Crippen molar-refractivity contribution in [1.82, 2.24) is 29.2 Å². The molecule has 0 bridgehead atoms. The highest BCUT2D eigenvalue weighted by Crippen LogP contribution is 2.41. The zero-order valence-corrected chi connectivity index (χ0v) is 20.5. The molecule has 170 valence electrons. The maximum atomic E-state index is 7.71. The van der Waals surface area contributed by atoms with Crippen molar-refractivity contribution in [2.75, 3.05) is 0 Å². The number of hydrogen-bond acceptors (Lipinski definition) is 5. The third kappa shape index (κ3) is 3.80. The van der Waals surface area contributed by atoms with Gasteiger partial charge in [-0.15, -0.1) is 25.1 Å². The first kappa shape index (κ1) is 22.7. The Morgan fingerprint density at radius 1 is 1.06 bits per heavy atom. The molecule has 3 aromatic heterocycles. The lowest BCUT2D eigenvalue weighted by Crippen LogP contribution is -2.12. The van der Waals surface area contributed by atoms with Crippen LogP contribution in [0.25, 0.3) is 21.7 Å². The van der Waals surface area contributed by atoms with Crippen molar-refractivity contribution >= 4 is 34.4 Å². The van der Waals surface area contributed by atoms with Crippen LogP contribution >= 0.6 is 11.6 Å². The van der Waals surface area contributed by atoms with E-state index in [4.69, 9.17) is 23.3 Å². The second-order valence-corrected chi connectivity index (χ2v) is 9.68. The number of fused-ring (bicyclic) bond motifs is 1. The van der Waals surface area contributed by atoms with E-state index in [0.717, 1.165) is 11.4 Å². The normalized spacial score (nSPS) is 12.4. The molecule has 0 saturated carbocycles. The van der Waals surface area contributed by atoms with Crippen LogP contribution in [0.3, 0.4) is 0 Å². The molecule has 3 heterocycles. The van der Waals surface area contributed by atoms with Crippen molar-refractivity contribution in [2.45, 2.75) is 46.0 Å². The molecule has 0 saturated heterocycles. The molecular weight excluding hydrogens is 438 g/mol. The molecule has 0 spiro atoms. The van der Waals surface area contributed by atoms with E-state index in [1.807, 2.05) is 56.7 Å². The van der Waals surface area contributed by atoms with Crippen LogP contribution in [0.2, 0.25) is 5.02 Å². The van der Waals surface area contributed by atoms with Gasteiger partial charge in [-0.05, 0) is 11.5 Å². The third-order valence-electron chi connectivity index (χ3n) is 5.38. The predicted molar refractivity (Wildman–Crippen MR) is 129 cm³/mol. The maximum absolute atomic E-state index is 7.71. The summed E-state index contributed by atoms with van der Waals surface area (Å²) in [5, 5.41) is 23.5. The average Bonchev–Trinajstić information content (AvgIpc) is 3.37. The summed E-state index contributed by atoms with van der Waals surface area (Å²) >= 11 is 6.49. The number of aryl methyl sites for hydroxylation is 2. The van der Waals surface area contributed by atoms with Crippen LogP contribution in [0, 0.1) is 6.57 Å². The van der Waals surface area contributed by atoms with Gasteiger partial charge in [0.1, 0.15) is 11.5 Å². The molecule has 0 amide bonds. The molecule has 4 rings (SSSR count). The minimum Gasteiger partial charge on any atom is -0.312 e. The van der Waals surface area contributed by atoms with Crippen molar-refractivity contribution in [2.24, 2.45) is 24.3 Å². The monoisotopic (exact) mass is 463 g/mol. The fourth-order valence-electron chi connectivity index (χ4n) is 3.78. The van der Waals surface area contributed by atoms with Crippen LogP contribution in [0.1, 0.15) is 52.1 Å². The van der Waals surface area contributed by atoms with Gasteiger partial charge in [0.15, 0.2) is 17.2 Å². The first-order valence-corrected chi connectivity index (χ1v) is 11.0. The van der Waals surface area contributed by atoms with E-state index in [1.165, 1.54) is 0 Å². The Labute approximate surface area is 197 Å². The maximum Gasteiger partial charge on any atom is 0.255 e. The van der Waals surface area contributed by atoms with Gasteiger partial charge in [0, 0.05) is 25.6 Å². The fourth-order valence-corrected chi connectivity index (χ4v) is 4.00. The highest BCUT2D eigenvalue weighted by atomic mass is 35.5. The van der Waals surface area contributed by atoms with E-state index in [9.17, 15) is 0 Å². The molecule has 0 atom stereocenters. The Hall–Kier alpha value is -3.51. The number of aromatic nitrogens is 6. The SMILES string of the molecule is [C-]#[N+]c1c(C(C)(C)C)nn(C)c1/N=N/c1c(-c2ccccc2Cl)nn2nc(C(C)C)n(C)c12. The summed E-state index contributed by atoms with van der Waals surface area (Å²) in [4.78, 5) is 3.71. The molecule has 0 N–H and O–H groups in total. The summed E-state index contributed by atoms with van der Waals surface area (Å²) in [5.41, 5.74) is 3.30. The standard InChI is InChI=1S/C23H26ClN9/c1-13(2)20-30-33-22(31(20)7)17(16(28-33)14-11-9-10-12-15(14)24)26-27-21-18(25-6)19(23(3,4)5)29-32(21)8/h9-13H,1-5,7-8H3/b27-26+. The van der Waals surface area contributed by atoms with Crippen LogP contribution < -0.4 is 0 Å². The minimum absolute atomic E-state index is 0.199. The second kappa shape index (κ2) is 8.12. The second-order valence-electron chi connectivity index (χ2n) is 9.27. The molecule has 0 radical (unpaired) electrons. The molecule has 0 aliphatic carbocycles. The van der Waals surface area contributed by atoms with Gasteiger partial charge in [-0.2, -0.15) is 5.10 Å². The van der Waals surface area contributed by atoms with E-state index in [0.29, 0.717) is 39.3 Å². The van der Waals surface area contributed by atoms with Crippen LogP contribution in [0.15, 0.2) is 34.5 Å². The van der Waals surface area contributed by atoms with E-state index < -0.39 is 0 Å². The first-order valence-electron chi connectivity index (χ1n) is 10.6. The van der Waals surface area contributed by atoms with Crippen molar-refractivity contribution < 1.29 is 0 Å². The van der Waals surface area contributed by atoms with Gasteiger partial charge in [-0.3, -0.25) is 4.68 Å². The van der Waals surface area contributed by atoms with Gasteiger partial charge < -0.3 is 4.57 Å². The summed E-state index contributed by atoms with van der Waals surface area (Å²) in [6.45, 7) is 17.9. The number of azo groups is 1. The summed E-state index contributed by atoms with van der Waals surface area (Å²) in [6.07, 6.45) is 0. The first-order chi connectivity index (χ1) is 15.5. The Morgan fingerprint density at radius 3 is 2.36 bits per heavy atom. The zero-order chi connectivity index (χ0) is 24.1. The number of rotatable bonds is 4. The Bertz CT molecular complexity index is 1420. The van der Waals surface area contributed by atoms with Crippen molar-refractivity contribution in [3.63, 3.8) is 0 Å². The highest BCUT2D eigenvalue weighted by molar-refractivity contribution is 6.33. The smallest absolute Gasteiger partial charge is 0.255 e. The molecule has 1 aromatic carbocycles. The number of benzene rings is 1. The number of halogens is 1. The topological polar surface area (TPSA) is 82.0 Å². The zero-order valence-electron chi connectivity index (χ0n) is 19.8. The Morgan fingerprint density at radius 2 is 1.76 bits per heavy atom. The van der Waals surface area contributed by atoms with Crippen LogP contribution in [-0.4, -0.2) is 29.2 Å². The summed E-state index contributed by atoms with van der Waals surface area (Å²) in [6, 6.07) is 7.46. The van der Waals surface area contributed by atoms with Crippen LogP contribution in [0.5, 0.6) is 0 Å². The molecule has 0 aliphatic rings. The third-order valence-corrected chi connectivity index (χ3v) is 5.71. The average molecular weight is 464 g/mol. The Balaban J connectivity index is 1.97. The van der Waals surface area contributed by atoms with E-state index >= 15 is 0 Å². The number of nitrogens with zero attached hydrogens (tertiary/aromatic N) is 9. The fraction of sp³-hybridized carbons (Fsp3) is 0.391. The summed E-state index contributed by atoms with van der Waals surface area (Å²) in [5.74, 6) is 1.47. The van der Waals surface area contributed by atoms with E-state index in [-0.39, 0.29) is 11.3 Å². The van der Waals surface area contributed by atoms with Gasteiger partial charge in [-0.25, -0.2) is 4.85 Å². The van der Waals surface area contributed by atoms with Crippen molar-refractivity contribution in [3.8, 4) is 11.3 Å². The van der Waals surface area contributed by atoms with E-state index in [1.54, 1.807) is 16.4 Å². The van der Waals surface area contributed by atoms with Crippen molar-refractivity contribution in [3.05, 3.63) is 52.2 Å². The lowest BCUT2D eigenvalue weighted by atomic mass is 9.91. The van der Waals surface area contributed by atoms with Crippen molar-refractivity contribution in [1.29, 1.82) is 0 Å². The van der Waals surface area contributed by atoms with Crippen LogP contribution in [0.4, 0.5) is 17.2 Å². The summed E-state index contributed by atoms with van der Waals surface area (Å²) < 4.78 is 5.13. The lowest BCUT2D eigenvalue weighted by Gasteiger charge is -2.15. The number of hydrogen-bond donors (Lipinski definition) is 0. The largest absolute Gasteiger partial charge is 0.312 e. The quantitative estimate of drug-likeness (QED) is 0.255. The Kier molecular flexibility index (Phi) is 5.58. The minimum atomic E-state index is -0.298. The molecule has 4 aromatic rings. The molecule has 0 aliphatic heterocycles. The molecule has 33 heavy (non-hydrogen) atoms. The molecule has 10 heteroatoms. The molecule has 9 nitrogen and oxygen atoms in total. The molecule has 0 fully saturated rings. The molecular formula is C23H26ClN9. The highest BCUT2D eigenvalue weighted by Gasteiger charge is 2.27. The van der Waals surface area contributed by atoms with E-state index in [2.05, 4.69) is 39.1 Å². The predicted octanol–water partition coefficient (Wildman–Crippen LogP) is 6.51.